The largest absolute Gasteiger partial charge is 1.00 e. The Balaban J connectivity index is 0.00000171. The van der Waals surface area contributed by atoms with E-state index in [-0.39, 0.29) is 48.0 Å². The van der Waals surface area contributed by atoms with Gasteiger partial charge in [-0.2, -0.15) is 9.97 Å². The van der Waals surface area contributed by atoms with Crippen LogP contribution in [0.1, 0.15) is 0 Å². The number of benzene rings is 2. The summed E-state index contributed by atoms with van der Waals surface area (Å²) in [5.74, 6) is 0. The van der Waals surface area contributed by atoms with Crippen LogP contribution in [0.4, 0.5) is 0 Å². The lowest BCUT2D eigenvalue weighted by Crippen LogP contribution is -3.00. The number of halogens is 2. The second kappa shape index (κ2) is 11.4. The van der Waals surface area contributed by atoms with E-state index in [0.717, 1.165) is 43.4 Å². The van der Waals surface area contributed by atoms with E-state index in [1.54, 1.807) is 23.5 Å². The van der Waals surface area contributed by atoms with Crippen molar-refractivity contribution in [3.05, 3.63) is 48.5 Å². The first-order valence-electron chi connectivity index (χ1n) is 9.57. The predicted molar refractivity (Wildman–Crippen MR) is 123 cm³/mol. The van der Waals surface area contributed by atoms with E-state index in [2.05, 4.69) is 36.2 Å². The quantitative estimate of drug-likeness (QED) is 0.136. The Bertz CT molecular complexity index is 984. The molecule has 4 rings (SSSR count). The second-order valence-corrected chi connectivity index (χ2v) is 19.7. The number of rotatable bonds is 8. The molecule has 2 aromatic carbocycles. The molecule has 0 radical (unpaired) electrons. The van der Waals surface area contributed by atoms with Gasteiger partial charge in [-0.25, -0.2) is 0 Å². The van der Waals surface area contributed by atoms with E-state index in [1.807, 2.05) is 48.5 Å². The van der Waals surface area contributed by atoms with Crippen molar-refractivity contribution in [2.75, 3.05) is 10.8 Å². The first-order chi connectivity index (χ1) is 13.8. The smallest absolute Gasteiger partial charge is 0.410 e. The number of H-pyrrole nitrogens is 2. The summed E-state index contributed by atoms with van der Waals surface area (Å²) in [6.45, 7) is 9.15. The van der Waals surface area contributed by atoms with E-state index in [9.17, 15) is 0 Å². The van der Waals surface area contributed by atoms with Gasteiger partial charge in [0.25, 0.3) is 0 Å². The molecule has 0 saturated heterocycles. The van der Waals surface area contributed by atoms with E-state index in [4.69, 9.17) is 12.9 Å². The minimum atomic E-state index is -1.85. The highest BCUT2D eigenvalue weighted by Gasteiger charge is 2.35. The van der Waals surface area contributed by atoms with Gasteiger partial charge in [-0.15, -0.1) is 0 Å². The van der Waals surface area contributed by atoms with Gasteiger partial charge >= 0.3 is 10.4 Å². The molecule has 31 heavy (non-hydrogen) atoms. The van der Waals surface area contributed by atoms with Crippen molar-refractivity contribution in [1.82, 2.24) is 0 Å². The molecule has 168 valence electrons. The molecule has 0 amide bonds. The van der Waals surface area contributed by atoms with Crippen LogP contribution in [-0.4, -0.2) is 27.4 Å². The molecular formula is C20H26I2N2O3S2Si2. The van der Waals surface area contributed by atoms with E-state index >= 15 is 0 Å². The summed E-state index contributed by atoms with van der Waals surface area (Å²) in [5, 5.41) is 3.59. The summed E-state index contributed by atoms with van der Waals surface area (Å²) >= 11 is 3.43. The van der Waals surface area contributed by atoms with Crippen LogP contribution in [0.15, 0.2) is 67.8 Å². The molecule has 0 aliphatic carbocycles. The SMILES string of the molecule is C[Si](C)(CSc1[nH+]c2ccccc2o1)O[Si](C)(C)CSc1[nH+]c2ccccc2o1.[I-].[I-]. The number of aromatic nitrogens is 2. The number of oxazole rings is 2. The number of para-hydroxylation sites is 4. The highest BCUT2D eigenvalue weighted by molar-refractivity contribution is 8.01. The summed E-state index contributed by atoms with van der Waals surface area (Å²) in [7, 11) is -3.70. The molecule has 4 aromatic rings. The highest BCUT2D eigenvalue weighted by Crippen LogP contribution is 2.28. The van der Waals surface area contributed by atoms with Gasteiger partial charge in [-0.1, -0.05) is 24.3 Å². The zero-order valence-electron chi connectivity index (χ0n) is 17.8. The lowest BCUT2D eigenvalue weighted by atomic mass is 10.3. The lowest BCUT2D eigenvalue weighted by Gasteiger charge is -2.32. The molecule has 0 aliphatic rings. The summed E-state index contributed by atoms with van der Waals surface area (Å²) in [6.07, 6.45) is 0. The summed E-state index contributed by atoms with van der Waals surface area (Å²) in [6, 6.07) is 16.0. The van der Waals surface area contributed by atoms with Crippen molar-refractivity contribution in [2.24, 2.45) is 0 Å². The number of nitrogens with one attached hydrogen (secondary N) is 2. The van der Waals surface area contributed by atoms with Crippen LogP contribution in [0.25, 0.3) is 22.2 Å². The van der Waals surface area contributed by atoms with Crippen molar-refractivity contribution < 1.29 is 70.9 Å². The Hall–Kier alpha value is -0.0662. The van der Waals surface area contributed by atoms with Crippen molar-refractivity contribution in [1.29, 1.82) is 0 Å². The molecule has 5 nitrogen and oxygen atoms in total. The van der Waals surface area contributed by atoms with Crippen LogP contribution >= 0.6 is 23.5 Å². The lowest BCUT2D eigenvalue weighted by molar-refractivity contribution is -0.412. The number of thioether (sulfide) groups is 2. The minimum absolute atomic E-state index is 0. The van der Waals surface area contributed by atoms with Gasteiger partial charge in [-0.05, 0) is 61.8 Å². The van der Waals surface area contributed by atoms with Gasteiger partial charge < -0.3 is 60.9 Å². The average Bonchev–Trinajstić information content (AvgIpc) is 3.27. The zero-order valence-corrected chi connectivity index (χ0v) is 25.8. The topological polar surface area (TPSA) is 63.8 Å². The maximum absolute atomic E-state index is 6.74. The van der Waals surface area contributed by atoms with Gasteiger partial charge in [0.15, 0.2) is 16.6 Å². The van der Waals surface area contributed by atoms with Crippen molar-refractivity contribution in [2.45, 2.75) is 36.6 Å². The van der Waals surface area contributed by atoms with E-state index in [0.29, 0.717) is 0 Å². The molecule has 0 saturated carbocycles. The average molecular weight is 717 g/mol. The fourth-order valence-corrected chi connectivity index (χ4v) is 15.2. The third-order valence-corrected chi connectivity index (χ3v) is 16.3. The number of hydrogen-bond donors (Lipinski definition) is 0. The monoisotopic (exact) mass is 716 g/mol. The van der Waals surface area contributed by atoms with E-state index < -0.39 is 16.6 Å². The molecular weight excluding hydrogens is 690 g/mol. The van der Waals surface area contributed by atoms with Crippen molar-refractivity contribution >= 4 is 62.4 Å². The molecule has 0 fully saturated rings. The van der Waals surface area contributed by atoms with Crippen LogP contribution in [0, 0.1) is 0 Å². The second-order valence-electron chi connectivity index (χ2n) is 8.22. The number of hydrogen-bond acceptors (Lipinski definition) is 5. The van der Waals surface area contributed by atoms with Crippen LogP contribution < -0.4 is 57.9 Å². The minimum Gasteiger partial charge on any atom is -1.00 e. The first kappa shape index (κ1) is 27.2. The van der Waals surface area contributed by atoms with Crippen LogP contribution in [0.3, 0.4) is 0 Å². The normalized spacial score (nSPS) is 12.0. The van der Waals surface area contributed by atoms with E-state index in [1.165, 1.54) is 0 Å². The number of fused-ring (bicyclic) bond motifs is 2. The molecule has 0 unspecified atom stereocenters. The summed E-state index contributed by atoms with van der Waals surface area (Å²) in [5.41, 5.74) is 3.85. The molecule has 0 atom stereocenters. The summed E-state index contributed by atoms with van der Waals surface area (Å²) in [4.78, 5) is 6.69. The molecule has 2 N–H and O–H groups in total. The maximum atomic E-state index is 6.74. The van der Waals surface area contributed by atoms with Gasteiger partial charge in [-0.3, -0.25) is 0 Å². The molecule has 0 aliphatic heterocycles. The Morgan fingerprint density at radius 3 is 1.48 bits per heavy atom. The fourth-order valence-electron chi connectivity index (χ4n) is 3.21. The van der Waals surface area contributed by atoms with Crippen LogP contribution in [0.5, 0.6) is 0 Å². The van der Waals surface area contributed by atoms with Gasteiger partial charge in [0, 0.05) is 22.9 Å². The third-order valence-electron chi connectivity index (χ3n) is 4.31. The highest BCUT2D eigenvalue weighted by atomic mass is 127. The zero-order chi connectivity index (χ0) is 20.5. The predicted octanol–water partition coefficient (Wildman–Crippen LogP) is -0.795. The first-order valence-corrected chi connectivity index (χ1v) is 17.8. The standard InChI is InChI=1S/C20H24N2O3S2Si2.2HI/c1-28(2,13-26-19-21-15-9-5-7-11-17(15)23-19)25-29(3,4)14-27-20-22-16-10-6-8-12-18(16)24-20;;/h5-12H,13-14H2,1-4H3;2*1H. The van der Waals surface area contributed by atoms with Crippen LogP contribution in [-0.2, 0) is 4.12 Å². The molecule has 2 heterocycles. The Kier molecular flexibility index (Phi) is 9.97. The molecule has 0 spiro atoms. The molecule has 11 heteroatoms. The van der Waals surface area contributed by atoms with Crippen molar-refractivity contribution in [3.63, 3.8) is 0 Å². The van der Waals surface area contributed by atoms with Crippen LogP contribution in [0.2, 0.25) is 26.2 Å². The Labute approximate surface area is 227 Å². The fraction of sp³-hybridized carbons (Fsp3) is 0.300. The molecule has 0 bridgehead atoms. The Morgan fingerprint density at radius 2 is 1.10 bits per heavy atom. The van der Waals surface area contributed by atoms with Gasteiger partial charge in [0.2, 0.25) is 22.2 Å². The third kappa shape index (κ3) is 7.47. The Morgan fingerprint density at radius 1 is 0.710 bits per heavy atom. The number of aromatic amines is 2. The van der Waals surface area contributed by atoms with Gasteiger partial charge in [0.05, 0.1) is 0 Å². The summed E-state index contributed by atoms with van der Waals surface area (Å²) < 4.78 is 18.5. The van der Waals surface area contributed by atoms with Crippen molar-refractivity contribution in [3.8, 4) is 0 Å². The molecule has 2 aromatic heterocycles. The van der Waals surface area contributed by atoms with Gasteiger partial charge in [0.1, 0.15) is 0 Å². The maximum Gasteiger partial charge on any atom is 0.410 e.